The number of aromatic nitrogens is 1. The van der Waals surface area contributed by atoms with Gasteiger partial charge < -0.3 is 10.2 Å². The van der Waals surface area contributed by atoms with E-state index in [-0.39, 0.29) is 12.1 Å². The molecule has 3 saturated heterocycles. The smallest absolute Gasteiger partial charge is 0.325 e. The molecule has 0 spiro atoms. The molecule has 98 valence electrons. The van der Waals surface area contributed by atoms with Crippen LogP contribution in [-0.4, -0.2) is 41.2 Å². The third kappa shape index (κ3) is 2.54. The quantitative estimate of drug-likeness (QED) is 0.847. The van der Waals surface area contributed by atoms with Crippen LogP contribution in [0.4, 0.5) is 4.79 Å². The van der Waals surface area contributed by atoms with Gasteiger partial charge in [0.05, 0.1) is 5.02 Å². The third-order valence-electron chi connectivity index (χ3n) is 4.02. The summed E-state index contributed by atoms with van der Waals surface area (Å²) in [5, 5.41) is 3.71. The Labute approximate surface area is 112 Å². The molecule has 4 rings (SSSR count). The fraction of sp³-hybridized carbons (Fsp3) is 0.615. The van der Waals surface area contributed by atoms with Crippen molar-refractivity contribution in [3.05, 3.63) is 23.5 Å². The second-order valence-corrected chi connectivity index (χ2v) is 5.80. The zero-order chi connectivity index (χ0) is 12.5. The van der Waals surface area contributed by atoms with Gasteiger partial charge in [-0.15, -0.1) is 0 Å². The van der Waals surface area contributed by atoms with Crippen LogP contribution in [0.2, 0.25) is 5.02 Å². The van der Waals surface area contributed by atoms with E-state index in [4.69, 9.17) is 11.6 Å². The lowest BCUT2D eigenvalue weighted by atomic mass is 9.94. The molecule has 0 aromatic carbocycles. The lowest BCUT2D eigenvalue weighted by molar-refractivity contribution is 0.217. The lowest BCUT2D eigenvalue weighted by Gasteiger charge is -2.26. The minimum atomic E-state index is -0.0746. The summed E-state index contributed by atoms with van der Waals surface area (Å²) in [7, 11) is 0. The highest BCUT2D eigenvalue weighted by Gasteiger charge is 2.29. The van der Waals surface area contributed by atoms with Crippen LogP contribution in [0.25, 0.3) is 0 Å². The number of rotatable bonds is 1. The van der Waals surface area contributed by atoms with E-state index in [2.05, 4.69) is 10.2 Å². The van der Waals surface area contributed by atoms with Crippen molar-refractivity contribution < 1.29 is 4.79 Å². The molecule has 1 N–H and O–H groups in total. The van der Waals surface area contributed by atoms with Gasteiger partial charge in [-0.2, -0.15) is 0 Å². The number of halogens is 1. The van der Waals surface area contributed by atoms with Crippen LogP contribution in [0.15, 0.2) is 18.5 Å². The molecular formula is C13H18ClN3O. The molecule has 3 aliphatic rings. The number of carbonyl (C=O) groups excluding carboxylic acids is 1. The first-order chi connectivity index (χ1) is 8.70. The Morgan fingerprint density at radius 2 is 2.17 bits per heavy atom. The molecule has 1 unspecified atom stereocenters. The Morgan fingerprint density at radius 3 is 2.83 bits per heavy atom. The van der Waals surface area contributed by atoms with Crippen molar-refractivity contribution >= 4 is 17.6 Å². The molecule has 1 aromatic rings. The van der Waals surface area contributed by atoms with Gasteiger partial charge in [0.2, 0.25) is 0 Å². The van der Waals surface area contributed by atoms with Crippen LogP contribution in [0.3, 0.4) is 0 Å². The maximum Gasteiger partial charge on any atom is 0.325 e. The van der Waals surface area contributed by atoms with Crippen LogP contribution >= 0.6 is 11.6 Å². The number of carbonyl (C=O) groups is 1. The van der Waals surface area contributed by atoms with E-state index in [0.717, 1.165) is 18.9 Å². The molecule has 1 atom stereocenters. The third-order valence-corrected chi connectivity index (χ3v) is 4.25. The van der Waals surface area contributed by atoms with E-state index in [1.807, 2.05) is 0 Å². The van der Waals surface area contributed by atoms with E-state index < -0.39 is 0 Å². The van der Waals surface area contributed by atoms with Crippen molar-refractivity contribution in [2.45, 2.75) is 25.3 Å². The van der Waals surface area contributed by atoms with Crippen LogP contribution in [-0.2, 0) is 0 Å². The summed E-state index contributed by atoms with van der Waals surface area (Å²) in [4.78, 5) is 14.5. The molecule has 3 aliphatic heterocycles. The normalized spacial score (nSPS) is 31.1. The van der Waals surface area contributed by atoms with E-state index in [0.29, 0.717) is 5.02 Å². The Bertz CT molecular complexity index is 423. The second-order valence-electron chi connectivity index (χ2n) is 5.36. The lowest BCUT2D eigenvalue weighted by Crippen LogP contribution is -2.43. The molecule has 5 heteroatoms. The van der Waals surface area contributed by atoms with Gasteiger partial charge in [-0.25, -0.2) is 4.79 Å². The first-order valence-corrected chi connectivity index (χ1v) is 6.95. The van der Waals surface area contributed by atoms with Crippen LogP contribution in [0.5, 0.6) is 0 Å². The number of hydrogen-bond donors (Lipinski definition) is 1. The molecule has 0 aliphatic carbocycles. The van der Waals surface area contributed by atoms with Gasteiger partial charge in [-0.3, -0.25) is 4.57 Å². The summed E-state index contributed by atoms with van der Waals surface area (Å²) in [6.07, 6.45) is 7.01. The maximum absolute atomic E-state index is 12.0. The summed E-state index contributed by atoms with van der Waals surface area (Å²) < 4.78 is 1.52. The van der Waals surface area contributed by atoms with Gasteiger partial charge in [0.1, 0.15) is 0 Å². The average molecular weight is 268 g/mol. The summed E-state index contributed by atoms with van der Waals surface area (Å²) in [5.41, 5.74) is 0. The molecule has 1 aromatic heterocycles. The van der Waals surface area contributed by atoms with Crippen LogP contribution in [0.1, 0.15) is 19.3 Å². The highest BCUT2D eigenvalue weighted by atomic mass is 35.5. The fourth-order valence-electron chi connectivity index (χ4n) is 3.04. The molecule has 3 fully saturated rings. The SMILES string of the molecule is O=C(NC1CC2CCN(CC2)C1)n1ccc(Cl)c1. The molecule has 0 radical (unpaired) electrons. The number of piperidine rings is 1. The maximum atomic E-state index is 12.0. The average Bonchev–Trinajstić information content (AvgIpc) is 2.59. The zero-order valence-electron chi connectivity index (χ0n) is 10.3. The molecular weight excluding hydrogens is 250 g/mol. The predicted octanol–water partition coefficient (Wildman–Crippen LogP) is 2.18. The molecule has 4 heterocycles. The Kier molecular flexibility index (Phi) is 3.31. The number of fused-ring (bicyclic) bond motifs is 4. The van der Waals surface area contributed by atoms with E-state index >= 15 is 0 Å². The van der Waals surface area contributed by atoms with Crippen molar-refractivity contribution in [3.8, 4) is 0 Å². The van der Waals surface area contributed by atoms with Gasteiger partial charge in [0.25, 0.3) is 0 Å². The zero-order valence-corrected chi connectivity index (χ0v) is 11.1. The summed E-state index contributed by atoms with van der Waals surface area (Å²) in [5.74, 6) is 0.780. The molecule has 4 nitrogen and oxygen atoms in total. The van der Waals surface area contributed by atoms with Crippen molar-refractivity contribution in [1.29, 1.82) is 0 Å². The van der Waals surface area contributed by atoms with Crippen LogP contribution in [0, 0.1) is 5.92 Å². The highest BCUT2D eigenvalue weighted by Crippen LogP contribution is 2.26. The van der Waals surface area contributed by atoms with Crippen molar-refractivity contribution in [2.75, 3.05) is 19.6 Å². The Hall–Kier alpha value is -1.00. The number of nitrogens with zero attached hydrogens (tertiary/aromatic N) is 2. The van der Waals surface area contributed by atoms with Gasteiger partial charge in [-0.1, -0.05) is 11.6 Å². The van der Waals surface area contributed by atoms with Gasteiger partial charge in [0, 0.05) is 25.0 Å². The van der Waals surface area contributed by atoms with Crippen molar-refractivity contribution in [3.63, 3.8) is 0 Å². The molecule has 2 bridgehead atoms. The van der Waals surface area contributed by atoms with E-state index in [9.17, 15) is 4.79 Å². The minimum absolute atomic E-state index is 0.0746. The van der Waals surface area contributed by atoms with Gasteiger partial charge >= 0.3 is 6.03 Å². The number of hydrogen-bond acceptors (Lipinski definition) is 2. The predicted molar refractivity (Wildman–Crippen MR) is 70.9 cm³/mol. The summed E-state index contributed by atoms with van der Waals surface area (Å²) >= 11 is 5.82. The van der Waals surface area contributed by atoms with Crippen LogP contribution < -0.4 is 5.32 Å². The molecule has 1 amide bonds. The van der Waals surface area contributed by atoms with E-state index in [1.54, 1.807) is 18.5 Å². The topological polar surface area (TPSA) is 37.3 Å². The first-order valence-electron chi connectivity index (χ1n) is 6.57. The number of amides is 1. The largest absolute Gasteiger partial charge is 0.333 e. The standard InChI is InChI=1S/C13H18ClN3O/c14-11-3-6-17(8-11)13(18)15-12-7-10-1-4-16(9-12)5-2-10/h3,6,8,10,12H,1-2,4-5,7,9H2,(H,15,18). The van der Waals surface area contributed by atoms with E-state index in [1.165, 1.54) is 30.5 Å². The molecule has 0 saturated carbocycles. The second kappa shape index (κ2) is 4.94. The van der Waals surface area contributed by atoms with Crippen molar-refractivity contribution in [1.82, 2.24) is 14.8 Å². The van der Waals surface area contributed by atoms with Gasteiger partial charge in [-0.05, 0) is 44.3 Å². The van der Waals surface area contributed by atoms with Crippen molar-refractivity contribution in [2.24, 2.45) is 5.92 Å². The highest BCUT2D eigenvalue weighted by molar-refractivity contribution is 6.30. The molecule has 18 heavy (non-hydrogen) atoms. The first kappa shape index (κ1) is 12.1. The Morgan fingerprint density at radius 1 is 1.39 bits per heavy atom. The van der Waals surface area contributed by atoms with Gasteiger partial charge in [0.15, 0.2) is 0 Å². The minimum Gasteiger partial charge on any atom is -0.333 e. The monoisotopic (exact) mass is 267 g/mol. The summed E-state index contributed by atoms with van der Waals surface area (Å²) in [6, 6.07) is 1.92. The number of nitrogens with one attached hydrogen (secondary N) is 1. The Balaban J connectivity index is 1.64. The fourth-order valence-corrected chi connectivity index (χ4v) is 3.21. The summed E-state index contributed by atoms with van der Waals surface area (Å²) in [6.45, 7) is 3.36.